The summed E-state index contributed by atoms with van der Waals surface area (Å²) in [5.74, 6) is 1.65. The highest BCUT2D eigenvalue weighted by molar-refractivity contribution is 5.78. The molecule has 2 aliphatic heterocycles. The van der Waals surface area contributed by atoms with Crippen molar-refractivity contribution in [1.82, 2.24) is 15.3 Å². The van der Waals surface area contributed by atoms with Crippen molar-refractivity contribution in [3.8, 4) is 0 Å². The first-order valence-corrected chi connectivity index (χ1v) is 7.10. The molecule has 1 aromatic carbocycles. The normalized spacial score (nSPS) is 26.6. The number of nitrogens with one attached hydrogen (secondary N) is 1. The molecule has 3 heterocycles. The van der Waals surface area contributed by atoms with E-state index in [0.29, 0.717) is 6.04 Å². The van der Waals surface area contributed by atoms with Crippen molar-refractivity contribution in [2.45, 2.75) is 18.9 Å². The number of hydrogen-bond acceptors (Lipinski definition) is 4. The minimum absolute atomic E-state index is 0.629. The van der Waals surface area contributed by atoms with E-state index in [-0.39, 0.29) is 0 Å². The van der Waals surface area contributed by atoms with Crippen LogP contribution in [-0.2, 0) is 0 Å². The fourth-order valence-electron chi connectivity index (χ4n) is 3.32. The summed E-state index contributed by atoms with van der Waals surface area (Å²) in [6, 6.07) is 8.81. The Kier molecular flexibility index (Phi) is 2.62. The second kappa shape index (κ2) is 4.46. The monoisotopic (exact) mass is 254 g/mol. The first kappa shape index (κ1) is 11.2. The highest BCUT2D eigenvalue weighted by Crippen LogP contribution is 2.27. The Morgan fingerprint density at radius 3 is 3.11 bits per heavy atom. The molecule has 0 bridgehead atoms. The molecular formula is C15H18N4. The van der Waals surface area contributed by atoms with Gasteiger partial charge >= 0.3 is 0 Å². The van der Waals surface area contributed by atoms with Crippen molar-refractivity contribution < 1.29 is 0 Å². The van der Waals surface area contributed by atoms with Gasteiger partial charge in [0.05, 0.1) is 5.52 Å². The van der Waals surface area contributed by atoms with Gasteiger partial charge in [-0.15, -0.1) is 0 Å². The molecule has 4 rings (SSSR count). The van der Waals surface area contributed by atoms with E-state index in [1.807, 2.05) is 18.3 Å². The predicted octanol–water partition coefficient (Wildman–Crippen LogP) is 1.82. The van der Waals surface area contributed by atoms with Gasteiger partial charge in [-0.25, -0.2) is 9.97 Å². The van der Waals surface area contributed by atoms with Crippen molar-refractivity contribution in [2.75, 3.05) is 24.5 Å². The number of para-hydroxylation sites is 1. The number of rotatable bonds is 1. The Labute approximate surface area is 112 Å². The Morgan fingerprint density at radius 2 is 2.16 bits per heavy atom. The third-order valence-corrected chi connectivity index (χ3v) is 4.36. The quantitative estimate of drug-likeness (QED) is 0.843. The molecule has 1 aromatic heterocycles. The summed E-state index contributed by atoms with van der Waals surface area (Å²) in [4.78, 5) is 11.6. The average Bonchev–Trinajstić information content (AvgIpc) is 2.90. The molecule has 4 nitrogen and oxygen atoms in total. The zero-order chi connectivity index (χ0) is 12.7. The molecule has 19 heavy (non-hydrogen) atoms. The first-order chi connectivity index (χ1) is 9.40. The van der Waals surface area contributed by atoms with Crippen molar-refractivity contribution in [2.24, 2.45) is 5.92 Å². The summed E-state index contributed by atoms with van der Waals surface area (Å²) in [6.45, 7) is 3.30. The Hall–Kier alpha value is -1.68. The first-order valence-electron chi connectivity index (χ1n) is 7.10. The van der Waals surface area contributed by atoms with Crippen LogP contribution in [0.15, 0.2) is 30.5 Å². The van der Waals surface area contributed by atoms with Gasteiger partial charge in [0.2, 0.25) is 5.95 Å². The van der Waals surface area contributed by atoms with E-state index in [9.17, 15) is 0 Å². The van der Waals surface area contributed by atoms with Crippen LogP contribution in [0.25, 0.3) is 10.9 Å². The van der Waals surface area contributed by atoms with E-state index >= 15 is 0 Å². The molecule has 2 saturated heterocycles. The minimum atomic E-state index is 0.629. The zero-order valence-electron chi connectivity index (χ0n) is 10.9. The Balaban J connectivity index is 1.64. The Bertz CT molecular complexity index is 583. The van der Waals surface area contributed by atoms with E-state index in [1.54, 1.807) is 0 Å². The maximum atomic E-state index is 4.70. The second-order valence-electron chi connectivity index (χ2n) is 5.60. The van der Waals surface area contributed by atoms with Gasteiger partial charge in [-0.05, 0) is 31.4 Å². The van der Waals surface area contributed by atoms with Crippen LogP contribution in [0.5, 0.6) is 0 Å². The van der Waals surface area contributed by atoms with Crippen molar-refractivity contribution in [3.63, 3.8) is 0 Å². The van der Waals surface area contributed by atoms with Crippen LogP contribution < -0.4 is 10.2 Å². The van der Waals surface area contributed by atoms with E-state index in [0.717, 1.165) is 42.4 Å². The molecule has 4 heteroatoms. The molecule has 2 atom stereocenters. The standard InChI is InChI=1S/C15H18N4/c1-2-6-13-11(4-1)8-17-15(18-13)19-9-12-5-3-7-16-14(12)10-19/h1-2,4,6,8,12,14,16H,3,5,7,9-10H2. The van der Waals surface area contributed by atoms with Crippen molar-refractivity contribution >= 4 is 16.9 Å². The predicted molar refractivity (Wildman–Crippen MR) is 76.3 cm³/mol. The lowest BCUT2D eigenvalue weighted by Crippen LogP contribution is -2.40. The number of aromatic nitrogens is 2. The molecule has 0 spiro atoms. The van der Waals surface area contributed by atoms with Gasteiger partial charge in [-0.2, -0.15) is 0 Å². The van der Waals surface area contributed by atoms with Crippen LogP contribution in [0.3, 0.4) is 0 Å². The lowest BCUT2D eigenvalue weighted by atomic mass is 9.94. The number of piperidine rings is 1. The zero-order valence-corrected chi connectivity index (χ0v) is 10.9. The van der Waals surface area contributed by atoms with Gasteiger partial charge in [-0.3, -0.25) is 0 Å². The maximum Gasteiger partial charge on any atom is 0.225 e. The average molecular weight is 254 g/mol. The van der Waals surface area contributed by atoms with Crippen molar-refractivity contribution in [3.05, 3.63) is 30.5 Å². The van der Waals surface area contributed by atoms with E-state index in [2.05, 4.69) is 27.3 Å². The van der Waals surface area contributed by atoms with Crippen LogP contribution in [0.2, 0.25) is 0 Å². The molecule has 2 aromatic rings. The minimum Gasteiger partial charge on any atom is -0.339 e. The molecule has 98 valence electrons. The van der Waals surface area contributed by atoms with Crippen molar-refractivity contribution in [1.29, 1.82) is 0 Å². The van der Waals surface area contributed by atoms with Gasteiger partial charge in [-0.1, -0.05) is 18.2 Å². The SMILES string of the molecule is c1ccc2nc(N3CC4CCCNC4C3)ncc2c1. The second-order valence-corrected chi connectivity index (χ2v) is 5.60. The number of anilines is 1. The molecular weight excluding hydrogens is 236 g/mol. The third-order valence-electron chi connectivity index (χ3n) is 4.36. The molecule has 2 aliphatic rings. The fourth-order valence-corrected chi connectivity index (χ4v) is 3.32. The summed E-state index contributed by atoms with van der Waals surface area (Å²) in [5, 5.41) is 4.73. The number of nitrogens with zero attached hydrogens (tertiary/aromatic N) is 3. The lowest BCUT2D eigenvalue weighted by Gasteiger charge is -2.24. The molecule has 0 saturated carbocycles. The Morgan fingerprint density at radius 1 is 1.21 bits per heavy atom. The summed E-state index contributed by atoms with van der Waals surface area (Å²) < 4.78 is 0. The number of benzene rings is 1. The van der Waals surface area contributed by atoms with Gasteiger partial charge < -0.3 is 10.2 Å². The summed E-state index contributed by atoms with van der Waals surface area (Å²) in [5.41, 5.74) is 1.04. The highest BCUT2D eigenvalue weighted by Gasteiger charge is 2.35. The van der Waals surface area contributed by atoms with E-state index in [4.69, 9.17) is 4.98 Å². The number of fused-ring (bicyclic) bond motifs is 2. The van der Waals surface area contributed by atoms with Gasteiger partial charge in [0.1, 0.15) is 0 Å². The smallest absolute Gasteiger partial charge is 0.225 e. The highest BCUT2D eigenvalue weighted by atomic mass is 15.3. The molecule has 2 unspecified atom stereocenters. The topological polar surface area (TPSA) is 41.1 Å². The summed E-state index contributed by atoms with van der Waals surface area (Å²) >= 11 is 0. The summed E-state index contributed by atoms with van der Waals surface area (Å²) in [7, 11) is 0. The van der Waals surface area contributed by atoms with E-state index < -0.39 is 0 Å². The lowest BCUT2D eigenvalue weighted by molar-refractivity contribution is 0.340. The van der Waals surface area contributed by atoms with E-state index in [1.165, 1.54) is 12.8 Å². The molecule has 2 fully saturated rings. The van der Waals surface area contributed by atoms with Crippen LogP contribution in [0, 0.1) is 5.92 Å². The van der Waals surface area contributed by atoms with Gasteiger partial charge in [0.25, 0.3) is 0 Å². The van der Waals surface area contributed by atoms with Crippen LogP contribution >= 0.6 is 0 Å². The van der Waals surface area contributed by atoms with Crippen LogP contribution in [0.4, 0.5) is 5.95 Å². The fraction of sp³-hybridized carbons (Fsp3) is 0.467. The molecule has 0 amide bonds. The summed E-state index contributed by atoms with van der Waals surface area (Å²) in [6.07, 6.45) is 4.57. The van der Waals surface area contributed by atoms with Gasteiger partial charge in [0.15, 0.2) is 0 Å². The maximum absolute atomic E-state index is 4.70. The van der Waals surface area contributed by atoms with Crippen LogP contribution in [0.1, 0.15) is 12.8 Å². The molecule has 0 radical (unpaired) electrons. The van der Waals surface area contributed by atoms with Gasteiger partial charge in [0, 0.05) is 30.7 Å². The van der Waals surface area contributed by atoms with Crippen LogP contribution in [-0.4, -0.2) is 35.6 Å². The third kappa shape index (κ3) is 1.96. The largest absolute Gasteiger partial charge is 0.339 e. The molecule has 0 aliphatic carbocycles. The number of hydrogen-bond donors (Lipinski definition) is 1. The molecule has 1 N–H and O–H groups in total.